The van der Waals surface area contributed by atoms with Crippen LogP contribution >= 0.6 is 11.6 Å². The van der Waals surface area contributed by atoms with Gasteiger partial charge in [0.1, 0.15) is 5.02 Å². The Morgan fingerprint density at radius 2 is 1.83 bits per heavy atom. The number of hydrogen-bond acceptors (Lipinski definition) is 7. The molecule has 3 amide bonds. The number of anilines is 1. The van der Waals surface area contributed by atoms with Gasteiger partial charge in [-0.15, -0.1) is 0 Å². The van der Waals surface area contributed by atoms with Crippen LogP contribution in [-0.4, -0.2) is 47.2 Å². The molecule has 2 aromatic carbocycles. The van der Waals surface area contributed by atoms with E-state index < -0.39 is 35.2 Å². The highest BCUT2D eigenvalue weighted by atomic mass is 35.5. The van der Waals surface area contributed by atoms with E-state index in [2.05, 4.69) is 5.32 Å². The maximum Gasteiger partial charge on any atom is 0.338 e. The molecule has 148 valence electrons. The molecule has 2 aromatic rings. The highest BCUT2D eigenvalue weighted by Crippen LogP contribution is 2.27. The van der Waals surface area contributed by atoms with E-state index in [4.69, 9.17) is 16.3 Å². The first-order valence-electron chi connectivity index (χ1n) is 8.06. The van der Waals surface area contributed by atoms with Gasteiger partial charge >= 0.3 is 5.97 Å². The van der Waals surface area contributed by atoms with E-state index in [1.165, 1.54) is 37.4 Å². The number of fused-ring (bicyclic) bond motifs is 1. The Morgan fingerprint density at radius 3 is 2.52 bits per heavy atom. The van der Waals surface area contributed by atoms with Crippen LogP contribution in [0.3, 0.4) is 0 Å². The predicted molar refractivity (Wildman–Crippen MR) is 99.9 cm³/mol. The molecule has 0 unspecified atom stereocenters. The van der Waals surface area contributed by atoms with Crippen LogP contribution in [-0.2, 0) is 9.53 Å². The highest BCUT2D eigenvalue weighted by molar-refractivity contribution is 6.32. The molecule has 29 heavy (non-hydrogen) atoms. The van der Waals surface area contributed by atoms with Gasteiger partial charge < -0.3 is 10.1 Å². The number of benzene rings is 2. The van der Waals surface area contributed by atoms with Gasteiger partial charge in [0.15, 0.2) is 6.61 Å². The fraction of sp³-hybridized carbons (Fsp3) is 0.111. The topological polar surface area (TPSA) is 136 Å². The number of nitrogens with zero attached hydrogens (tertiary/aromatic N) is 2. The summed E-state index contributed by atoms with van der Waals surface area (Å²) in [6.45, 7) is -0.668. The maximum atomic E-state index is 12.1. The third-order valence-electron chi connectivity index (χ3n) is 4.09. The van der Waals surface area contributed by atoms with E-state index >= 15 is 0 Å². The molecule has 0 aliphatic carbocycles. The lowest BCUT2D eigenvalue weighted by Gasteiger charge is -2.07. The van der Waals surface area contributed by atoms with Gasteiger partial charge in [0.05, 0.1) is 21.6 Å². The number of imide groups is 1. The van der Waals surface area contributed by atoms with Crippen molar-refractivity contribution in [3.05, 3.63) is 68.2 Å². The number of ether oxygens (including phenoxy) is 1. The fourth-order valence-electron chi connectivity index (χ4n) is 2.63. The molecule has 1 aliphatic heterocycles. The van der Waals surface area contributed by atoms with Crippen molar-refractivity contribution < 1.29 is 28.8 Å². The zero-order chi connectivity index (χ0) is 21.3. The van der Waals surface area contributed by atoms with Gasteiger partial charge in [0, 0.05) is 18.8 Å². The summed E-state index contributed by atoms with van der Waals surface area (Å²) in [6, 6.07) is 7.55. The molecule has 0 saturated carbocycles. The Labute approximate surface area is 168 Å². The van der Waals surface area contributed by atoms with Crippen LogP contribution in [0.15, 0.2) is 36.4 Å². The molecule has 0 saturated heterocycles. The van der Waals surface area contributed by atoms with Crippen LogP contribution in [0.5, 0.6) is 0 Å². The third kappa shape index (κ3) is 3.92. The van der Waals surface area contributed by atoms with Gasteiger partial charge in [-0.1, -0.05) is 11.6 Å². The number of nitro groups is 1. The summed E-state index contributed by atoms with van der Waals surface area (Å²) in [5, 5.41) is 13.1. The number of amides is 3. The first-order valence-corrected chi connectivity index (χ1v) is 8.44. The van der Waals surface area contributed by atoms with E-state index in [1.807, 2.05) is 0 Å². The van der Waals surface area contributed by atoms with Crippen LogP contribution in [0.1, 0.15) is 31.1 Å². The quantitative estimate of drug-likeness (QED) is 0.341. The summed E-state index contributed by atoms with van der Waals surface area (Å²) in [5.41, 5.74) is -0.0354. The Kier molecular flexibility index (Phi) is 5.29. The maximum absolute atomic E-state index is 12.1. The highest BCUT2D eigenvalue weighted by Gasteiger charge is 2.33. The number of rotatable bonds is 5. The lowest BCUT2D eigenvalue weighted by molar-refractivity contribution is -0.384. The van der Waals surface area contributed by atoms with Crippen LogP contribution in [0, 0.1) is 10.1 Å². The van der Waals surface area contributed by atoms with E-state index in [-0.39, 0.29) is 33.1 Å². The summed E-state index contributed by atoms with van der Waals surface area (Å²) in [6.07, 6.45) is 0. The van der Waals surface area contributed by atoms with E-state index in [1.54, 1.807) is 0 Å². The number of nitro benzene ring substituents is 1. The zero-order valence-corrected chi connectivity index (χ0v) is 15.6. The standard InChI is InChI=1S/C18H12ClN3O7/c1-21-16(24)11-4-2-9(6-12(11)17(21)25)18(26)29-8-15(23)20-10-3-5-13(19)14(7-10)22(27)28/h2-7H,8H2,1H3,(H,20,23). The predicted octanol–water partition coefficient (Wildman–Crippen LogP) is 2.27. The van der Waals surface area contributed by atoms with Gasteiger partial charge in [-0.2, -0.15) is 0 Å². The minimum absolute atomic E-state index is 0.00451. The zero-order valence-electron chi connectivity index (χ0n) is 14.8. The van der Waals surface area contributed by atoms with Gasteiger partial charge in [-0.3, -0.25) is 29.4 Å². The number of halogens is 1. The Morgan fingerprint density at radius 1 is 1.14 bits per heavy atom. The molecule has 0 fully saturated rings. The second kappa shape index (κ2) is 7.68. The number of nitrogens with one attached hydrogen (secondary N) is 1. The molecular weight excluding hydrogens is 406 g/mol. The second-order valence-electron chi connectivity index (χ2n) is 5.98. The molecule has 1 heterocycles. The van der Waals surface area contributed by atoms with E-state index in [9.17, 15) is 29.3 Å². The molecule has 1 aliphatic rings. The van der Waals surface area contributed by atoms with E-state index in [0.29, 0.717) is 0 Å². The molecule has 0 bridgehead atoms. The molecule has 0 aromatic heterocycles. The smallest absolute Gasteiger partial charge is 0.338 e. The Balaban J connectivity index is 1.64. The number of carbonyl (C=O) groups is 4. The van der Waals surface area contributed by atoms with Crippen molar-refractivity contribution in [2.24, 2.45) is 0 Å². The van der Waals surface area contributed by atoms with Crippen molar-refractivity contribution in [1.82, 2.24) is 4.90 Å². The second-order valence-corrected chi connectivity index (χ2v) is 6.38. The minimum Gasteiger partial charge on any atom is -0.452 e. The number of esters is 1. The molecular formula is C18H12ClN3O7. The van der Waals surface area contributed by atoms with Crippen LogP contribution in [0.25, 0.3) is 0 Å². The van der Waals surface area contributed by atoms with Crippen molar-refractivity contribution in [1.29, 1.82) is 0 Å². The SMILES string of the molecule is CN1C(=O)c2ccc(C(=O)OCC(=O)Nc3ccc(Cl)c([N+](=O)[O-])c3)cc2C1=O. The molecule has 1 N–H and O–H groups in total. The molecule has 0 spiro atoms. The van der Waals surface area contributed by atoms with Gasteiger partial charge in [0.25, 0.3) is 23.4 Å². The first kappa shape index (κ1) is 20.0. The number of carbonyl (C=O) groups excluding carboxylic acids is 4. The molecule has 3 rings (SSSR count). The molecule has 0 atom stereocenters. The first-order chi connectivity index (χ1) is 13.7. The molecule has 0 radical (unpaired) electrons. The van der Waals surface area contributed by atoms with Crippen molar-refractivity contribution in [2.45, 2.75) is 0 Å². The van der Waals surface area contributed by atoms with Crippen molar-refractivity contribution in [3.63, 3.8) is 0 Å². The minimum atomic E-state index is -0.875. The fourth-order valence-corrected chi connectivity index (χ4v) is 2.82. The van der Waals surface area contributed by atoms with Crippen molar-refractivity contribution in [3.8, 4) is 0 Å². The normalized spacial score (nSPS) is 12.6. The summed E-state index contributed by atoms with van der Waals surface area (Å²) in [5.74, 6) is -2.62. The van der Waals surface area contributed by atoms with E-state index in [0.717, 1.165) is 11.0 Å². The summed E-state index contributed by atoms with van der Waals surface area (Å²) in [4.78, 5) is 59.0. The lowest BCUT2D eigenvalue weighted by atomic mass is 10.1. The number of hydrogen-bond donors (Lipinski definition) is 1. The van der Waals surface area contributed by atoms with Gasteiger partial charge in [-0.25, -0.2) is 4.79 Å². The van der Waals surface area contributed by atoms with Crippen LogP contribution in [0.2, 0.25) is 5.02 Å². The molecule has 10 nitrogen and oxygen atoms in total. The Hall–Kier alpha value is -3.79. The average Bonchev–Trinajstić information content (AvgIpc) is 2.91. The summed E-state index contributed by atoms with van der Waals surface area (Å²) < 4.78 is 4.89. The average molecular weight is 418 g/mol. The Bertz CT molecular complexity index is 1080. The summed E-state index contributed by atoms with van der Waals surface area (Å²) in [7, 11) is 1.33. The summed E-state index contributed by atoms with van der Waals surface area (Å²) >= 11 is 5.70. The van der Waals surface area contributed by atoms with Crippen LogP contribution in [0.4, 0.5) is 11.4 Å². The largest absolute Gasteiger partial charge is 0.452 e. The van der Waals surface area contributed by atoms with Gasteiger partial charge in [0.2, 0.25) is 0 Å². The van der Waals surface area contributed by atoms with Gasteiger partial charge in [-0.05, 0) is 30.3 Å². The van der Waals surface area contributed by atoms with Crippen molar-refractivity contribution >= 4 is 46.7 Å². The monoisotopic (exact) mass is 417 g/mol. The third-order valence-corrected chi connectivity index (χ3v) is 4.41. The molecule has 11 heteroatoms. The van der Waals surface area contributed by atoms with Crippen molar-refractivity contribution in [2.75, 3.05) is 19.0 Å². The lowest BCUT2D eigenvalue weighted by Crippen LogP contribution is -2.24. The van der Waals surface area contributed by atoms with Crippen LogP contribution < -0.4 is 5.32 Å².